The number of carbonyl (C=O) groups is 1. The zero-order valence-corrected chi connectivity index (χ0v) is 9.78. The van der Waals surface area contributed by atoms with E-state index in [2.05, 4.69) is 4.74 Å². The Balaban J connectivity index is 3.33. The van der Waals surface area contributed by atoms with Crippen LogP contribution in [0.2, 0.25) is 0 Å². The van der Waals surface area contributed by atoms with Crippen molar-refractivity contribution in [1.82, 2.24) is 0 Å². The summed E-state index contributed by atoms with van der Waals surface area (Å²) < 4.78 is 23.0. The van der Waals surface area contributed by atoms with Crippen molar-refractivity contribution >= 4 is 5.97 Å². The molecule has 0 fully saturated rings. The standard InChI is InChI=1S/C12H12FNO3/c1-7-4-11(16-2)8(5-10(7)13)9(6-14)12(15)17-3/h4-5,9H,1-3H3. The van der Waals surface area contributed by atoms with Gasteiger partial charge in [0.25, 0.3) is 0 Å². The molecule has 1 aromatic rings. The van der Waals surface area contributed by atoms with Crippen LogP contribution in [0.25, 0.3) is 0 Å². The van der Waals surface area contributed by atoms with E-state index in [1.54, 1.807) is 13.0 Å². The van der Waals surface area contributed by atoms with Crippen LogP contribution in [0.3, 0.4) is 0 Å². The Morgan fingerprint density at radius 2 is 2.12 bits per heavy atom. The Hall–Kier alpha value is -2.09. The molecule has 0 heterocycles. The Kier molecular flexibility index (Phi) is 4.05. The Morgan fingerprint density at radius 3 is 2.59 bits per heavy atom. The summed E-state index contributed by atoms with van der Waals surface area (Å²) in [4.78, 5) is 11.4. The fourth-order valence-corrected chi connectivity index (χ4v) is 1.44. The maximum absolute atomic E-state index is 13.4. The van der Waals surface area contributed by atoms with Gasteiger partial charge < -0.3 is 9.47 Å². The summed E-state index contributed by atoms with van der Waals surface area (Å²) in [5.74, 6) is -2.13. The van der Waals surface area contributed by atoms with Gasteiger partial charge in [-0.05, 0) is 24.6 Å². The lowest BCUT2D eigenvalue weighted by Crippen LogP contribution is -2.14. The molecule has 0 aromatic heterocycles. The average molecular weight is 237 g/mol. The van der Waals surface area contributed by atoms with Gasteiger partial charge in [-0.25, -0.2) is 4.39 Å². The summed E-state index contributed by atoms with van der Waals surface area (Å²) in [6.07, 6.45) is 0. The predicted molar refractivity (Wildman–Crippen MR) is 58.1 cm³/mol. The quantitative estimate of drug-likeness (QED) is 0.753. The van der Waals surface area contributed by atoms with Crippen molar-refractivity contribution < 1.29 is 18.7 Å². The van der Waals surface area contributed by atoms with Crippen LogP contribution in [-0.4, -0.2) is 20.2 Å². The second-order valence-corrected chi connectivity index (χ2v) is 3.43. The molecule has 0 saturated heterocycles. The monoisotopic (exact) mass is 237 g/mol. The number of nitrogens with zero attached hydrogens (tertiary/aromatic N) is 1. The van der Waals surface area contributed by atoms with E-state index in [1.165, 1.54) is 20.3 Å². The highest BCUT2D eigenvalue weighted by molar-refractivity contribution is 5.82. The minimum absolute atomic E-state index is 0.171. The number of hydrogen-bond donors (Lipinski definition) is 0. The van der Waals surface area contributed by atoms with E-state index in [4.69, 9.17) is 10.00 Å². The lowest BCUT2D eigenvalue weighted by Gasteiger charge is -2.13. The van der Waals surface area contributed by atoms with Gasteiger partial charge in [0.1, 0.15) is 11.6 Å². The molecule has 1 unspecified atom stereocenters. The van der Waals surface area contributed by atoms with Gasteiger partial charge in [-0.3, -0.25) is 4.79 Å². The molecule has 0 radical (unpaired) electrons. The van der Waals surface area contributed by atoms with Gasteiger partial charge >= 0.3 is 5.97 Å². The first-order chi connectivity index (χ1) is 8.04. The summed E-state index contributed by atoms with van der Waals surface area (Å²) in [5.41, 5.74) is 0.553. The Labute approximate surface area is 98.6 Å². The SMILES string of the molecule is COC(=O)C(C#N)c1cc(F)c(C)cc1OC. The van der Waals surface area contributed by atoms with E-state index in [9.17, 15) is 9.18 Å². The third-order valence-electron chi connectivity index (χ3n) is 2.39. The third kappa shape index (κ3) is 2.53. The minimum atomic E-state index is -1.19. The zero-order valence-electron chi connectivity index (χ0n) is 9.78. The van der Waals surface area contributed by atoms with Crippen molar-refractivity contribution in [1.29, 1.82) is 5.26 Å². The maximum atomic E-state index is 13.4. The van der Waals surface area contributed by atoms with Crippen LogP contribution in [0, 0.1) is 24.1 Å². The lowest BCUT2D eigenvalue weighted by atomic mass is 9.98. The lowest BCUT2D eigenvalue weighted by molar-refractivity contribution is -0.141. The fourth-order valence-electron chi connectivity index (χ4n) is 1.44. The molecule has 1 rings (SSSR count). The minimum Gasteiger partial charge on any atom is -0.496 e. The van der Waals surface area contributed by atoms with Crippen LogP contribution < -0.4 is 4.74 Å². The van der Waals surface area contributed by atoms with Gasteiger partial charge in [-0.1, -0.05) is 0 Å². The van der Waals surface area contributed by atoms with Crippen molar-refractivity contribution in [3.63, 3.8) is 0 Å². The van der Waals surface area contributed by atoms with E-state index in [0.717, 1.165) is 6.07 Å². The number of ether oxygens (including phenoxy) is 2. The Morgan fingerprint density at radius 1 is 1.47 bits per heavy atom. The first-order valence-corrected chi connectivity index (χ1v) is 4.86. The van der Waals surface area contributed by atoms with E-state index in [0.29, 0.717) is 11.3 Å². The molecule has 0 aliphatic rings. The number of esters is 1. The van der Waals surface area contributed by atoms with Gasteiger partial charge in [0.15, 0.2) is 5.92 Å². The van der Waals surface area contributed by atoms with E-state index in [-0.39, 0.29) is 5.56 Å². The fraction of sp³-hybridized carbons (Fsp3) is 0.333. The number of aryl methyl sites for hydroxylation is 1. The molecule has 90 valence electrons. The van der Waals surface area contributed by atoms with Crippen LogP contribution in [0.4, 0.5) is 4.39 Å². The number of hydrogen-bond acceptors (Lipinski definition) is 4. The molecule has 4 nitrogen and oxygen atoms in total. The molecule has 17 heavy (non-hydrogen) atoms. The van der Waals surface area contributed by atoms with E-state index in [1.807, 2.05) is 0 Å². The highest BCUT2D eigenvalue weighted by Crippen LogP contribution is 2.29. The van der Waals surface area contributed by atoms with Gasteiger partial charge in [-0.15, -0.1) is 0 Å². The molecule has 0 bridgehead atoms. The normalized spacial score (nSPS) is 11.5. The highest BCUT2D eigenvalue weighted by atomic mass is 19.1. The van der Waals surface area contributed by atoms with Crippen LogP contribution in [0.15, 0.2) is 12.1 Å². The average Bonchev–Trinajstić information content (AvgIpc) is 2.33. The van der Waals surface area contributed by atoms with Crippen LogP contribution in [0.5, 0.6) is 5.75 Å². The number of nitriles is 1. The largest absolute Gasteiger partial charge is 0.496 e. The number of methoxy groups -OCH3 is 2. The molecule has 0 amide bonds. The highest BCUT2D eigenvalue weighted by Gasteiger charge is 2.25. The summed E-state index contributed by atoms with van der Waals surface area (Å²) in [6.45, 7) is 1.57. The van der Waals surface area contributed by atoms with Gasteiger partial charge in [0, 0.05) is 5.56 Å². The summed E-state index contributed by atoms with van der Waals surface area (Å²) in [7, 11) is 2.56. The summed E-state index contributed by atoms with van der Waals surface area (Å²) in [6, 6.07) is 4.34. The van der Waals surface area contributed by atoms with E-state index < -0.39 is 17.7 Å². The Bertz CT molecular complexity index is 479. The van der Waals surface area contributed by atoms with Crippen LogP contribution in [0.1, 0.15) is 17.0 Å². The second-order valence-electron chi connectivity index (χ2n) is 3.43. The van der Waals surface area contributed by atoms with Crippen molar-refractivity contribution in [2.45, 2.75) is 12.8 Å². The molecule has 0 aliphatic heterocycles. The van der Waals surface area contributed by atoms with Crippen LogP contribution in [-0.2, 0) is 9.53 Å². The van der Waals surface area contributed by atoms with Crippen molar-refractivity contribution in [3.05, 3.63) is 29.1 Å². The third-order valence-corrected chi connectivity index (χ3v) is 2.39. The molecule has 1 atom stereocenters. The van der Waals surface area contributed by atoms with Crippen LogP contribution >= 0.6 is 0 Å². The van der Waals surface area contributed by atoms with Gasteiger partial charge in [0.05, 0.1) is 20.3 Å². The first-order valence-electron chi connectivity index (χ1n) is 4.86. The smallest absolute Gasteiger partial charge is 0.327 e. The number of halogens is 1. The molecular formula is C12H12FNO3. The number of benzene rings is 1. The molecule has 1 aromatic carbocycles. The molecular weight excluding hydrogens is 225 g/mol. The zero-order chi connectivity index (χ0) is 13.0. The molecule has 0 aliphatic carbocycles. The van der Waals surface area contributed by atoms with Gasteiger partial charge in [-0.2, -0.15) is 5.26 Å². The topological polar surface area (TPSA) is 59.3 Å². The summed E-state index contributed by atoms with van der Waals surface area (Å²) >= 11 is 0. The second kappa shape index (κ2) is 5.30. The molecule has 0 spiro atoms. The molecule has 5 heteroatoms. The number of rotatable bonds is 3. The predicted octanol–water partition coefficient (Wildman–Crippen LogP) is 1.92. The number of carbonyl (C=O) groups excluding carboxylic acids is 1. The van der Waals surface area contributed by atoms with Crippen molar-refractivity contribution in [3.8, 4) is 11.8 Å². The molecule has 0 N–H and O–H groups in total. The first kappa shape index (κ1) is 13.0. The van der Waals surface area contributed by atoms with Crippen molar-refractivity contribution in [2.75, 3.05) is 14.2 Å². The maximum Gasteiger partial charge on any atom is 0.327 e. The molecule has 0 saturated carbocycles. The summed E-state index contributed by atoms with van der Waals surface area (Å²) in [5, 5.41) is 8.93. The van der Waals surface area contributed by atoms with Gasteiger partial charge in [0.2, 0.25) is 0 Å². The van der Waals surface area contributed by atoms with Crippen molar-refractivity contribution in [2.24, 2.45) is 0 Å². The van der Waals surface area contributed by atoms with E-state index >= 15 is 0 Å².